The Balaban J connectivity index is 0.000000616. The van der Waals surface area contributed by atoms with Crippen molar-refractivity contribution in [3.63, 3.8) is 0 Å². The van der Waals surface area contributed by atoms with Crippen LogP contribution in [0.2, 0.25) is 0 Å². The first-order valence-electron chi connectivity index (χ1n) is 13.1. The van der Waals surface area contributed by atoms with Gasteiger partial charge in [0.25, 0.3) is 5.91 Å². The van der Waals surface area contributed by atoms with Crippen molar-refractivity contribution in [1.82, 2.24) is 19.4 Å². The normalized spacial score (nSPS) is 13.5. The third kappa shape index (κ3) is 8.82. The Morgan fingerprint density at radius 3 is 2.38 bits per heavy atom. The standard InChI is InChI=1S/C25H32N6O3S.C2HF3O2/c1-34-13-12-31-20(24(33)30(16-21(26)32)15-17-8-4-3-5-9-17)14-19-22(27-18-10-6-7-11-18)28-25(35-2)29-23(19)31;3-2(4,5)1(6)7/h3-5,8-9,14,18H,6-7,10-13,15-16H2,1-2H3,(H2,26,32)(H,27,28,29);(H,6,7). The summed E-state index contributed by atoms with van der Waals surface area (Å²) in [5.41, 5.74) is 7.52. The van der Waals surface area contributed by atoms with Crippen LogP contribution in [0, 0.1) is 0 Å². The largest absolute Gasteiger partial charge is 0.490 e. The molecular formula is C27H33F3N6O5S. The number of nitrogens with one attached hydrogen (secondary N) is 1. The predicted molar refractivity (Wildman–Crippen MR) is 151 cm³/mol. The number of ether oxygens (including phenoxy) is 1. The highest BCUT2D eigenvalue weighted by Crippen LogP contribution is 2.31. The van der Waals surface area contributed by atoms with Crippen molar-refractivity contribution < 1.29 is 37.4 Å². The fourth-order valence-electron chi connectivity index (χ4n) is 4.51. The van der Waals surface area contributed by atoms with Crippen molar-refractivity contribution in [2.24, 2.45) is 5.73 Å². The number of thioether (sulfide) groups is 1. The lowest BCUT2D eigenvalue weighted by Crippen LogP contribution is -2.39. The van der Waals surface area contributed by atoms with Crippen LogP contribution >= 0.6 is 11.8 Å². The van der Waals surface area contributed by atoms with Crippen LogP contribution in [0.15, 0.2) is 41.6 Å². The number of alkyl halides is 3. The molecule has 11 nitrogen and oxygen atoms in total. The maximum Gasteiger partial charge on any atom is 0.490 e. The number of benzene rings is 1. The molecule has 4 N–H and O–H groups in total. The quantitative estimate of drug-likeness (QED) is 0.217. The minimum absolute atomic E-state index is 0.186. The zero-order valence-corrected chi connectivity index (χ0v) is 24.0. The van der Waals surface area contributed by atoms with Crippen molar-refractivity contribution in [2.75, 3.05) is 31.8 Å². The molecule has 0 saturated heterocycles. The molecule has 0 spiro atoms. The monoisotopic (exact) mass is 610 g/mol. The Bertz CT molecular complexity index is 1380. The number of rotatable bonds is 11. The number of carboxylic acid groups (broad SMARTS) is 1. The SMILES string of the molecule is COCCn1c(C(=O)N(CC(N)=O)Cc2ccccc2)cc2c(NC3CCCC3)nc(SC)nc21.O=C(O)C(F)(F)F. The molecule has 228 valence electrons. The molecule has 3 aromatic rings. The Labute approximate surface area is 244 Å². The molecule has 1 saturated carbocycles. The molecule has 1 fully saturated rings. The van der Waals surface area contributed by atoms with Gasteiger partial charge in [0.05, 0.1) is 12.0 Å². The fraction of sp³-hybridized carbons (Fsp3) is 0.444. The second kappa shape index (κ2) is 14.9. The molecule has 2 heterocycles. The maximum absolute atomic E-state index is 13.8. The number of methoxy groups -OCH3 is 1. The van der Waals surface area contributed by atoms with Gasteiger partial charge < -0.3 is 30.4 Å². The van der Waals surface area contributed by atoms with Crippen molar-refractivity contribution >= 4 is 46.4 Å². The number of fused-ring (bicyclic) bond motifs is 1. The van der Waals surface area contributed by atoms with Crippen molar-refractivity contribution in [3.8, 4) is 0 Å². The van der Waals surface area contributed by atoms with Gasteiger partial charge in [0.15, 0.2) is 5.16 Å². The van der Waals surface area contributed by atoms with Crippen LogP contribution in [0.1, 0.15) is 41.7 Å². The van der Waals surface area contributed by atoms with E-state index in [9.17, 15) is 22.8 Å². The number of aromatic nitrogens is 3. The molecule has 1 aliphatic rings. The van der Waals surface area contributed by atoms with Crippen molar-refractivity contribution in [2.45, 2.75) is 56.1 Å². The lowest BCUT2D eigenvalue weighted by Gasteiger charge is -2.22. The number of aliphatic carboxylic acids is 1. The highest BCUT2D eigenvalue weighted by molar-refractivity contribution is 7.98. The Kier molecular flexibility index (Phi) is 11.6. The molecule has 0 radical (unpaired) electrons. The Hall–Kier alpha value is -3.85. The van der Waals surface area contributed by atoms with Gasteiger partial charge in [-0.2, -0.15) is 13.2 Å². The van der Waals surface area contributed by atoms with E-state index >= 15 is 0 Å². The molecule has 0 aliphatic heterocycles. The summed E-state index contributed by atoms with van der Waals surface area (Å²) in [4.78, 5) is 45.5. The number of hydrogen-bond acceptors (Lipinski definition) is 8. The van der Waals surface area contributed by atoms with Crippen molar-refractivity contribution in [3.05, 3.63) is 47.7 Å². The van der Waals surface area contributed by atoms with Crippen LogP contribution in [0.3, 0.4) is 0 Å². The Morgan fingerprint density at radius 1 is 1.19 bits per heavy atom. The van der Waals surface area contributed by atoms with Crippen LogP contribution in [-0.4, -0.2) is 81.1 Å². The lowest BCUT2D eigenvalue weighted by molar-refractivity contribution is -0.192. The first kappa shape index (κ1) is 32.7. The van der Waals surface area contributed by atoms with E-state index in [1.165, 1.54) is 29.5 Å². The zero-order chi connectivity index (χ0) is 30.9. The van der Waals surface area contributed by atoms with E-state index in [2.05, 4.69) is 5.32 Å². The van der Waals surface area contributed by atoms with E-state index in [-0.39, 0.29) is 19.0 Å². The average Bonchev–Trinajstić information content (AvgIpc) is 3.59. The van der Waals surface area contributed by atoms with Crippen LogP contribution in [0.25, 0.3) is 11.0 Å². The molecule has 42 heavy (non-hydrogen) atoms. The van der Waals surface area contributed by atoms with Crippen molar-refractivity contribution in [1.29, 1.82) is 0 Å². The fourth-order valence-corrected chi connectivity index (χ4v) is 4.87. The highest BCUT2D eigenvalue weighted by atomic mass is 32.2. The number of amides is 2. The summed E-state index contributed by atoms with van der Waals surface area (Å²) < 4.78 is 38.9. The van der Waals surface area contributed by atoms with Gasteiger partial charge in [-0.15, -0.1) is 0 Å². The van der Waals surface area contributed by atoms with Crippen LogP contribution < -0.4 is 11.1 Å². The first-order chi connectivity index (χ1) is 19.9. The number of nitrogens with zero attached hydrogens (tertiary/aromatic N) is 4. The molecule has 2 aromatic heterocycles. The molecular weight excluding hydrogens is 577 g/mol. The third-order valence-corrected chi connectivity index (χ3v) is 6.99. The van der Waals surface area contributed by atoms with E-state index in [4.69, 9.17) is 30.3 Å². The van der Waals surface area contributed by atoms with Gasteiger partial charge in [0, 0.05) is 26.2 Å². The summed E-state index contributed by atoms with van der Waals surface area (Å²) >= 11 is 1.46. The molecule has 1 aliphatic carbocycles. The van der Waals surface area contributed by atoms with Gasteiger partial charge in [-0.1, -0.05) is 54.9 Å². The first-order valence-corrected chi connectivity index (χ1v) is 14.3. The number of carbonyl (C=O) groups excluding carboxylic acids is 2. The number of primary amides is 1. The summed E-state index contributed by atoms with van der Waals surface area (Å²) in [6.45, 7) is 0.921. The van der Waals surface area contributed by atoms with Crippen LogP contribution in [-0.2, 0) is 27.4 Å². The van der Waals surface area contributed by atoms with E-state index in [1.54, 1.807) is 7.11 Å². The van der Waals surface area contributed by atoms with Gasteiger partial charge in [-0.25, -0.2) is 14.8 Å². The summed E-state index contributed by atoms with van der Waals surface area (Å²) in [7, 11) is 1.62. The minimum Gasteiger partial charge on any atom is -0.475 e. The van der Waals surface area contributed by atoms with Gasteiger partial charge in [-0.3, -0.25) is 9.59 Å². The molecule has 0 atom stereocenters. The van der Waals surface area contributed by atoms with Gasteiger partial charge in [0.1, 0.15) is 23.7 Å². The smallest absolute Gasteiger partial charge is 0.475 e. The molecule has 2 amide bonds. The topological polar surface area (TPSA) is 153 Å². The predicted octanol–water partition coefficient (Wildman–Crippen LogP) is 3.92. The number of anilines is 1. The molecule has 1 aromatic carbocycles. The summed E-state index contributed by atoms with van der Waals surface area (Å²) in [6, 6.07) is 11.7. The number of carboxylic acids is 1. The number of hydrogen-bond donors (Lipinski definition) is 3. The Morgan fingerprint density at radius 2 is 1.83 bits per heavy atom. The van der Waals surface area contributed by atoms with E-state index in [1.807, 2.05) is 47.2 Å². The van der Waals surface area contributed by atoms with Crippen LogP contribution in [0.4, 0.5) is 19.0 Å². The van der Waals surface area contributed by atoms with E-state index in [0.29, 0.717) is 35.7 Å². The van der Waals surface area contributed by atoms with Gasteiger partial charge >= 0.3 is 12.1 Å². The van der Waals surface area contributed by atoms with Gasteiger partial charge in [0.2, 0.25) is 5.91 Å². The maximum atomic E-state index is 13.8. The minimum atomic E-state index is -5.08. The highest BCUT2D eigenvalue weighted by Gasteiger charge is 2.38. The van der Waals surface area contributed by atoms with E-state index < -0.39 is 18.1 Å². The zero-order valence-electron chi connectivity index (χ0n) is 23.2. The molecule has 0 unspecified atom stereocenters. The lowest BCUT2D eigenvalue weighted by atomic mass is 10.2. The number of carbonyl (C=O) groups is 3. The number of halogens is 3. The average molecular weight is 611 g/mol. The second-order valence-electron chi connectivity index (χ2n) is 9.51. The second-order valence-corrected chi connectivity index (χ2v) is 10.3. The third-order valence-electron chi connectivity index (χ3n) is 6.44. The summed E-state index contributed by atoms with van der Waals surface area (Å²) in [6.07, 6.45) is 1.44. The molecule has 0 bridgehead atoms. The summed E-state index contributed by atoms with van der Waals surface area (Å²) in [5, 5.41) is 12.1. The molecule has 4 rings (SSSR count). The summed E-state index contributed by atoms with van der Waals surface area (Å²) in [5.74, 6) is -2.88. The van der Waals surface area contributed by atoms with E-state index in [0.717, 1.165) is 29.6 Å². The molecule has 15 heteroatoms. The van der Waals surface area contributed by atoms with Gasteiger partial charge in [-0.05, 0) is 30.7 Å². The number of nitrogens with two attached hydrogens (primary N) is 1. The van der Waals surface area contributed by atoms with Crippen LogP contribution in [0.5, 0.6) is 0 Å².